The Labute approximate surface area is 198 Å². The van der Waals surface area contributed by atoms with E-state index in [4.69, 9.17) is 4.42 Å². The highest BCUT2D eigenvalue weighted by Crippen LogP contribution is 2.19. The van der Waals surface area contributed by atoms with Crippen molar-refractivity contribution in [2.75, 3.05) is 7.05 Å². The Kier molecular flexibility index (Phi) is 7.82. The van der Waals surface area contributed by atoms with Crippen molar-refractivity contribution in [2.45, 2.75) is 20.0 Å². The van der Waals surface area contributed by atoms with Crippen LogP contribution in [0.15, 0.2) is 82.7 Å². The minimum Gasteiger partial charge on any atom is -0.444 e. The summed E-state index contributed by atoms with van der Waals surface area (Å²) in [6, 6.07) is 18.1. The standard InChI is InChI=1S/C23H24N6O.HI/c1-17-8-10-19(11-9-17)22-28-20(16-30-22)14-26-23(24-2)25-12-18-13-27-29(15-18)21-6-4-3-5-7-21;/h3-11,13,15-16H,12,14H2,1-2H3,(H2,24,25,26);1H. The van der Waals surface area contributed by atoms with Crippen molar-refractivity contribution < 1.29 is 4.42 Å². The average Bonchev–Trinajstić information content (AvgIpc) is 3.45. The van der Waals surface area contributed by atoms with Gasteiger partial charge in [0, 0.05) is 30.9 Å². The Bertz CT molecular complexity index is 1120. The number of para-hydroxylation sites is 1. The molecule has 0 fully saturated rings. The molecule has 7 nitrogen and oxygen atoms in total. The first-order chi connectivity index (χ1) is 14.7. The third kappa shape index (κ3) is 5.94. The normalized spacial score (nSPS) is 11.1. The van der Waals surface area contributed by atoms with Gasteiger partial charge in [0.1, 0.15) is 6.26 Å². The van der Waals surface area contributed by atoms with Gasteiger partial charge < -0.3 is 15.1 Å². The Hall–Kier alpha value is -3.14. The molecule has 160 valence electrons. The summed E-state index contributed by atoms with van der Waals surface area (Å²) in [5.41, 5.74) is 5.07. The lowest BCUT2D eigenvalue weighted by Crippen LogP contribution is -2.36. The van der Waals surface area contributed by atoms with Crippen molar-refractivity contribution in [1.29, 1.82) is 0 Å². The third-order valence-electron chi connectivity index (χ3n) is 4.63. The van der Waals surface area contributed by atoms with E-state index in [1.807, 2.05) is 71.7 Å². The van der Waals surface area contributed by atoms with Crippen LogP contribution in [0, 0.1) is 6.92 Å². The van der Waals surface area contributed by atoms with Gasteiger partial charge in [-0.25, -0.2) is 9.67 Å². The lowest BCUT2D eigenvalue weighted by molar-refractivity contribution is 0.572. The summed E-state index contributed by atoms with van der Waals surface area (Å²) in [4.78, 5) is 8.81. The number of aromatic nitrogens is 3. The molecular formula is C23H25IN6O. The molecule has 0 spiro atoms. The van der Waals surface area contributed by atoms with Crippen molar-refractivity contribution in [3.05, 3.63) is 90.1 Å². The van der Waals surface area contributed by atoms with E-state index in [1.165, 1.54) is 5.56 Å². The Morgan fingerprint density at radius 3 is 2.52 bits per heavy atom. The molecule has 0 bridgehead atoms. The number of hydrogen-bond acceptors (Lipinski definition) is 4. The maximum Gasteiger partial charge on any atom is 0.226 e. The summed E-state index contributed by atoms with van der Waals surface area (Å²) in [5, 5.41) is 11.0. The molecule has 2 N–H and O–H groups in total. The van der Waals surface area contributed by atoms with Crippen molar-refractivity contribution in [3.63, 3.8) is 0 Å². The lowest BCUT2D eigenvalue weighted by Gasteiger charge is -2.09. The van der Waals surface area contributed by atoms with Crippen LogP contribution in [0.5, 0.6) is 0 Å². The van der Waals surface area contributed by atoms with Crippen molar-refractivity contribution in [3.8, 4) is 17.1 Å². The highest BCUT2D eigenvalue weighted by molar-refractivity contribution is 14.0. The number of guanidine groups is 1. The first kappa shape index (κ1) is 22.5. The van der Waals surface area contributed by atoms with Gasteiger partial charge in [0.05, 0.1) is 24.1 Å². The SMILES string of the molecule is CN=C(NCc1cnn(-c2ccccc2)c1)NCc1coc(-c2ccc(C)cc2)n1.I. The maximum atomic E-state index is 5.61. The largest absolute Gasteiger partial charge is 0.444 e. The van der Waals surface area contributed by atoms with Gasteiger partial charge in [0.2, 0.25) is 5.89 Å². The highest BCUT2D eigenvalue weighted by atomic mass is 127. The Morgan fingerprint density at radius 1 is 1.03 bits per heavy atom. The van der Waals surface area contributed by atoms with E-state index in [0.29, 0.717) is 24.9 Å². The van der Waals surface area contributed by atoms with Gasteiger partial charge in [-0.1, -0.05) is 35.9 Å². The molecule has 4 aromatic rings. The van der Waals surface area contributed by atoms with E-state index in [1.54, 1.807) is 13.3 Å². The number of halogens is 1. The zero-order valence-electron chi connectivity index (χ0n) is 17.4. The fourth-order valence-corrected chi connectivity index (χ4v) is 2.97. The molecule has 0 atom stereocenters. The summed E-state index contributed by atoms with van der Waals surface area (Å²) < 4.78 is 7.46. The first-order valence-electron chi connectivity index (χ1n) is 9.76. The number of nitrogens with zero attached hydrogens (tertiary/aromatic N) is 4. The first-order valence-corrected chi connectivity index (χ1v) is 9.76. The van der Waals surface area contributed by atoms with Gasteiger partial charge in [-0.3, -0.25) is 4.99 Å². The highest BCUT2D eigenvalue weighted by Gasteiger charge is 2.08. The van der Waals surface area contributed by atoms with Crippen molar-refractivity contribution in [1.82, 2.24) is 25.4 Å². The number of benzene rings is 2. The fraction of sp³-hybridized carbons (Fsp3) is 0.174. The molecule has 0 aliphatic carbocycles. The van der Waals surface area contributed by atoms with Crippen LogP contribution in [0.2, 0.25) is 0 Å². The molecule has 2 aromatic carbocycles. The molecule has 2 heterocycles. The van der Waals surface area contributed by atoms with Gasteiger partial charge in [-0.2, -0.15) is 5.10 Å². The number of nitrogens with one attached hydrogen (secondary N) is 2. The van der Waals surface area contributed by atoms with E-state index < -0.39 is 0 Å². The molecule has 0 aliphatic rings. The second-order valence-corrected chi connectivity index (χ2v) is 6.92. The van der Waals surface area contributed by atoms with Crippen LogP contribution in [0.4, 0.5) is 0 Å². The Morgan fingerprint density at radius 2 is 1.77 bits per heavy atom. The van der Waals surface area contributed by atoms with Crippen LogP contribution in [0.25, 0.3) is 17.1 Å². The minimum absolute atomic E-state index is 0. The molecule has 8 heteroatoms. The van der Waals surface area contributed by atoms with E-state index >= 15 is 0 Å². The summed E-state index contributed by atoms with van der Waals surface area (Å²) >= 11 is 0. The second kappa shape index (κ2) is 10.8. The third-order valence-corrected chi connectivity index (χ3v) is 4.63. The van der Waals surface area contributed by atoms with Crippen LogP contribution in [0.3, 0.4) is 0 Å². The van der Waals surface area contributed by atoms with Gasteiger partial charge in [0.25, 0.3) is 0 Å². The zero-order valence-corrected chi connectivity index (χ0v) is 19.8. The monoisotopic (exact) mass is 528 g/mol. The summed E-state index contributed by atoms with van der Waals surface area (Å²) in [5.74, 6) is 1.30. The number of aryl methyl sites for hydroxylation is 1. The molecule has 31 heavy (non-hydrogen) atoms. The lowest BCUT2D eigenvalue weighted by atomic mass is 10.1. The number of rotatable bonds is 6. The quantitative estimate of drug-likeness (QED) is 0.222. The van der Waals surface area contributed by atoms with Crippen LogP contribution in [-0.4, -0.2) is 27.8 Å². The van der Waals surface area contributed by atoms with Crippen LogP contribution < -0.4 is 10.6 Å². The predicted molar refractivity (Wildman–Crippen MR) is 133 cm³/mol. The fourth-order valence-electron chi connectivity index (χ4n) is 2.97. The van der Waals surface area contributed by atoms with Crippen LogP contribution >= 0.6 is 24.0 Å². The molecule has 0 radical (unpaired) electrons. The van der Waals surface area contributed by atoms with Gasteiger partial charge in [-0.15, -0.1) is 24.0 Å². The van der Waals surface area contributed by atoms with E-state index in [0.717, 1.165) is 22.5 Å². The number of hydrogen-bond donors (Lipinski definition) is 2. The predicted octanol–water partition coefficient (Wildman–Crippen LogP) is 4.32. The van der Waals surface area contributed by atoms with E-state index in [-0.39, 0.29) is 24.0 Å². The molecule has 0 aliphatic heterocycles. The van der Waals surface area contributed by atoms with Crippen LogP contribution in [-0.2, 0) is 13.1 Å². The summed E-state index contributed by atoms with van der Waals surface area (Å²) in [6.07, 6.45) is 5.51. The average molecular weight is 528 g/mol. The number of oxazole rings is 1. The molecule has 4 rings (SSSR count). The molecule has 0 unspecified atom stereocenters. The topological polar surface area (TPSA) is 80.3 Å². The van der Waals surface area contributed by atoms with E-state index in [2.05, 4.69) is 32.6 Å². The van der Waals surface area contributed by atoms with E-state index in [9.17, 15) is 0 Å². The van der Waals surface area contributed by atoms with Gasteiger partial charge in [0.15, 0.2) is 5.96 Å². The van der Waals surface area contributed by atoms with Gasteiger partial charge >= 0.3 is 0 Å². The molecule has 0 amide bonds. The Balaban J connectivity index is 0.00000272. The molecule has 0 saturated carbocycles. The molecule has 0 saturated heterocycles. The van der Waals surface area contributed by atoms with Gasteiger partial charge in [-0.05, 0) is 31.2 Å². The smallest absolute Gasteiger partial charge is 0.226 e. The van der Waals surface area contributed by atoms with Crippen LogP contribution in [0.1, 0.15) is 16.8 Å². The molecular weight excluding hydrogens is 503 g/mol. The minimum atomic E-state index is 0. The maximum absolute atomic E-state index is 5.61. The number of aliphatic imine (C=N–C) groups is 1. The summed E-state index contributed by atoms with van der Waals surface area (Å²) in [7, 11) is 1.74. The summed E-state index contributed by atoms with van der Waals surface area (Å²) in [6.45, 7) is 3.18. The second-order valence-electron chi connectivity index (χ2n) is 6.92. The van der Waals surface area contributed by atoms with Crippen molar-refractivity contribution >= 4 is 29.9 Å². The van der Waals surface area contributed by atoms with Crippen molar-refractivity contribution in [2.24, 2.45) is 4.99 Å². The molecule has 2 aromatic heterocycles. The zero-order chi connectivity index (χ0) is 20.8.